The Bertz CT molecular complexity index is 267. The molecule has 1 aliphatic heterocycles. The van der Waals surface area contributed by atoms with Crippen LogP contribution in [0.1, 0.15) is 33.6 Å². The molecule has 16 heavy (non-hydrogen) atoms. The van der Waals surface area contributed by atoms with Gasteiger partial charge in [0.25, 0.3) is 0 Å². The second-order valence-electron chi connectivity index (χ2n) is 4.79. The fourth-order valence-corrected chi connectivity index (χ4v) is 2.14. The van der Waals surface area contributed by atoms with E-state index >= 15 is 0 Å². The van der Waals surface area contributed by atoms with Crippen LogP contribution in [0, 0.1) is 0 Å². The van der Waals surface area contributed by atoms with Crippen LogP contribution < -0.4 is 0 Å². The van der Waals surface area contributed by atoms with E-state index in [9.17, 15) is 4.79 Å². The topological polar surface area (TPSA) is 42.1 Å². The van der Waals surface area contributed by atoms with Crippen LogP contribution in [-0.4, -0.2) is 49.3 Å². The van der Waals surface area contributed by atoms with Crippen LogP contribution in [0.15, 0.2) is 0 Å². The summed E-state index contributed by atoms with van der Waals surface area (Å²) in [5.74, 6) is -0.209. The number of carbonyl (C=O) groups is 1. The van der Waals surface area contributed by atoms with Crippen molar-refractivity contribution in [1.82, 2.24) is 4.90 Å². The highest BCUT2D eigenvalue weighted by Crippen LogP contribution is 2.53. The Balaban J connectivity index is 2.62. The Labute approximate surface area is 97.9 Å². The van der Waals surface area contributed by atoms with Gasteiger partial charge in [0, 0.05) is 6.54 Å². The van der Waals surface area contributed by atoms with Crippen LogP contribution in [0.4, 0.5) is 0 Å². The number of epoxide rings is 1. The zero-order valence-corrected chi connectivity index (χ0v) is 11.0. The molecule has 0 N–H and O–H groups in total. The lowest BCUT2D eigenvalue weighted by Gasteiger charge is -2.16. The summed E-state index contributed by atoms with van der Waals surface area (Å²) in [6.07, 6.45) is 1.53. The van der Waals surface area contributed by atoms with E-state index in [1.807, 2.05) is 34.9 Å². The quantitative estimate of drug-likeness (QED) is 0.510. The molecule has 0 amide bonds. The van der Waals surface area contributed by atoms with E-state index in [0.29, 0.717) is 13.0 Å². The van der Waals surface area contributed by atoms with Crippen molar-refractivity contribution in [2.45, 2.75) is 44.8 Å². The van der Waals surface area contributed by atoms with E-state index in [4.69, 9.17) is 9.47 Å². The molecule has 1 fully saturated rings. The maximum absolute atomic E-state index is 11.9. The first-order chi connectivity index (χ1) is 7.42. The highest BCUT2D eigenvalue weighted by Gasteiger charge is 2.71. The zero-order chi connectivity index (χ0) is 12.4. The molecular formula is C12H23NO3. The van der Waals surface area contributed by atoms with Crippen LogP contribution in [0.5, 0.6) is 0 Å². The molecule has 1 rings (SSSR count). The van der Waals surface area contributed by atoms with Gasteiger partial charge in [0.1, 0.15) is 5.60 Å². The summed E-state index contributed by atoms with van der Waals surface area (Å²) in [4.78, 5) is 14.0. The Morgan fingerprint density at radius 1 is 1.38 bits per heavy atom. The average molecular weight is 229 g/mol. The van der Waals surface area contributed by atoms with Gasteiger partial charge >= 0.3 is 5.97 Å². The summed E-state index contributed by atoms with van der Waals surface area (Å²) >= 11 is 0. The van der Waals surface area contributed by atoms with Gasteiger partial charge in [0.15, 0.2) is 5.60 Å². The molecule has 0 bridgehead atoms. The number of ether oxygens (including phenoxy) is 2. The Morgan fingerprint density at radius 3 is 2.44 bits per heavy atom. The number of rotatable bonds is 6. The van der Waals surface area contributed by atoms with Crippen molar-refractivity contribution in [3.63, 3.8) is 0 Å². The summed E-state index contributed by atoms with van der Waals surface area (Å²) in [6, 6.07) is 0. The van der Waals surface area contributed by atoms with E-state index < -0.39 is 5.60 Å². The predicted molar refractivity (Wildman–Crippen MR) is 62.3 cm³/mol. The van der Waals surface area contributed by atoms with Crippen LogP contribution in [0.3, 0.4) is 0 Å². The zero-order valence-electron chi connectivity index (χ0n) is 11.0. The summed E-state index contributed by atoms with van der Waals surface area (Å²) in [6.45, 7) is 7.11. The predicted octanol–water partition coefficient (Wildman–Crippen LogP) is 1.44. The van der Waals surface area contributed by atoms with Gasteiger partial charge in [-0.1, -0.05) is 6.92 Å². The Kier molecular flexibility index (Phi) is 3.97. The summed E-state index contributed by atoms with van der Waals surface area (Å²) in [5, 5.41) is 0. The van der Waals surface area contributed by atoms with E-state index in [2.05, 4.69) is 4.90 Å². The van der Waals surface area contributed by atoms with Gasteiger partial charge in [-0.15, -0.1) is 0 Å². The van der Waals surface area contributed by atoms with Crippen molar-refractivity contribution in [2.75, 3.05) is 27.2 Å². The van der Waals surface area contributed by atoms with Crippen molar-refractivity contribution in [3.8, 4) is 0 Å². The molecule has 2 atom stereocenters. The van der Waals surface area contributed by atoms with E-state index in [1.54, 1.807) is 0 Å². The molecule has 1 aliphatic rings. The van der Waals surface area contributed by atoms with Crippen LogP contribution >= 0.6 is 0 Å². The molecule has 0 spiro atoms. The molecule has 0 aromatic carbocycles. The third kappa shape index (κ3) is 2.23. The molecule has 4 heteroatoms. The second-order valence-corrected chi connectivity index (χ2v) is 4.79. The van der Waals surface area contributed by atoms with Gasteiger partial charge in [-0.2, -0.15) is 0 Å². The minimum absolute atomic E-state index is 0.209. The first-order valence-electron chi connectivity index (χ1n) is 5.94. The molecule has 4 nitrogen and oxygen atoms in total. The first-order valence-corrected chi connectivity index (χ1v) is 5.94. The second kappa shape index (κ2) is 4.72. The minimum Gasteiger partial charge on any atom is -0.464 e. The fraction of sp³-hybridized carbons (Fsp3) is 0.917. The maximum Gasteiger partial charge on any atom is 0.341 e. The van der Waals surface area contributed by atoms with Gasteiger partial charge in [0.2, 0.25) is 0 Å². The lowest BCUT2D eigenvalue weighted by Crippen LogP contribution is -2.35. The normalized spacial score (nSPS) is 32.9. The number of esters is 1. The van der Waals surface area contributed by atoms with Crippen molar-refractivity contribution in [1.29, 1.82) is 0 Å². The lowest BCUT2D eigenvalue weighted by atomic mass is 9.89. The van der Waals surface area contributed by atoms with E-state index in [0.717, 1.165) is 13.0 Å². The standard InChI is InChI=1S/C12H23NO3/c1-6-12(10(14)15-7-2)11(3,16-12)8-9-13(4)5/h6-9H2,1-5H3. The molecular weight excluding hydrogens is 206 g/mol. The number of hydrogen-bond donors (Lipinski definition) is 0. The third-order valence-corrected chi connectivity index (χ3v) is 3.35. The highest BCUT2D eigenvalue weighted by molar-refractivity contribution is 5.84. The molecule has 0 saturated carbocycles. The molecule has 0 aromatic heterocycles. The number of carbonyl (C=O) groups excluding carboxylic acids is 1. The van der Waals surface area contributed by atoms with Crippen molar-refractivity contribution >= 4 is 5.97 Å². The molecule has 1 heterocycles. The van der Waals surface area contributed by atoms with Gasteiger partial charge in [0.05, 0.1) is 6.61 Å². The van der Waals surface area contributed by atoms with E-state index in [1.165, 1.54) is 0 Å². The smallest absolute Gasteiger partial charge is 0.341 e. The van der Waals surface area contributed by atoms with Crippen LogP contribution in [0.25, 0.3) is 0 Å². The number of hydrogen-bond acceptors (Lipinski definition) is 4. The molecule has 2 unspecified atom stereocenters. The van der Waals surface area contributed by atoms with Crippen molar-refractivity contribution < 1.29 is 14.3 Å². The van der Waals surface area contributed by atoms with Crippen molar-refractivity contribution in [2.24, 2.45) is 0 Å². The molecule has 1 saturated heterocycles. The monoisotopic (exact) mass is 229 g/mol. The summed E-state index contributed by atoms with van der Waals surface area (Å²) < 4.78 is 10.8. The molecule has 0 aliphatic carbocycles. The largest absolute Gasteiger partial charge is 0.464 e. The molecule has 0 radical (unpaired) electrons. The van der Waals surface area contributed by atoms with Crippen LogP contribution in [-0.2, 0) is 14.3 Å². The minimum atomic E-state index is -0.695. The van der Waals surface area contributed by atoms with Crippen molar-refractivity contribution in [3.05, 3.63) is 0 Å². The Morgan fingerprint density at radius 2 is 2.00 bits per heavy atom. The number of nitrogens with zero attached hydrogens (tertiary/aromatic N) is 1. The maximum atomic E-state index is 11.9. The third-order valence-electron chi connectivity index (χ3n) is 3.35. The SMILES string of the molecule is CCOC(=O)C1(CC)OC1(C)CCN(C)C. The molecule has 0 aromatic rings. The molecule has 94 valence electrons. The summed E-state index contributed by atoms with van der Waals surface area (Å²) in [7, 11) is 4.04. The van der Waals surface area contributed by atoms with Gasteiger partial charge in [-0.25, -0.2) is 4.79 Å². The first kappa shape index (κ1) is 13.5. The van der Waals surface area contributed by atoms with E-state index in [-0.39, 0.29) is 11.6 Å². The van der Waals surface area contributed by atoms with Crippen LogP contribution in [0.2, 0.25) is 0 Å². The average Bonchev–Trinajstić information content (AvgIpc) is 2.84. The summed E-state index contributed by atoms with van der Waals surface area (Å²) in [5.41, 5.74) is -1.04. The fourth-order valence-electron chi connectivity index (χ4n) is 2.14. The van der Waals surface area contributed by atoms with Gasteiger partial charge in [-0.05, 0) is 40.8 Å². The van der Waals surface area contributed by atoms with Gasteiger partial charge in [-0.3, -0.25) is 0 Å². The lowest BCUT2D eigenvalue weighted by molar-refractivity contribution is -0.149. The Hall–Kier alpha value is -0.610. The highest BCUT2D eigenvalue weighted by atomic mass is 16.7. The van der Waals surface area contributed by atoms with Gasteiger partial charge < -0.3 is 14.4 Å².